The lowest BCUT2D eigenvalue weighted by Crippen LogP contribution is -2.15. The molecule has 0 aliphatic carbocycles. The highest BCUT2D eigenvalue weighted by molar-refractivity contribution is 6.04. The highest BCUT2D eigenvalue weighted by atomic mass is 16.2. The molecule has 2 rings (SSSR count). The van der Waals surface area contributed by atoms with Crippen molar-refractivity contribution < 1.29 is 9.59 Å². The van der Waals surface area contributed by atoms with Gasteiger partial charge in [0.1, 0.15) is 5.69 Å². The molecule has 0 saturated heterocycles. The second-order valence-electron chi connectivity index (χ2n) is 5.32. The summed E-state index contributed by atoms with van der Waals surface area (Å²) >= 11 is 0. The Labute approximate surface area is 129 Å². The van der Waals surface area contributed by atoms with Crippen LogP contribution in [0.2, 0.25) is 0 Å². The molecule has 0 saturated carbocycles. The number of nitrogens with one attached hydrogen (secondary N) is 2. The van der Waals surface area contributed by atoms with Gasteiger partial charge in [0.25, 0.3) is 5.91 Å². The minimum Gasteiger partial charge on any atom is -0.382 e. The number of amides is 1. The Balaban J connectivity index is 2.08. The minimum atomic E-state index is -0.309. The van der Waals surface area contributed by atoms with Crippen LogP contribution in [-0.2, 0) is 0 Å². The van der Waals surface area contributed by atoms with Gasteiger partial charge in [-0.15, -0.1) is 0 Å². The van der Waals surface area contributed by atoms with Crippen molar-refractivity contribution in [3.8, 4) is 0 Å². The summed E-state index contributed by atoms with van der Waals surface area (Å²) in [6.07, 6.45) is 1.63. The van der Waals surface area contributed by atoms with E-state index < -0.39 is 0 Å². The fourth-order valence-corrected chi connectivity index (χ4v) is 1.96. The summed E-state index contributed by atoms with van der Waals surface area (Å²) < 4.78 is 0. The quantitative estimate of drug-likeness (QED) is 0.830. The van der Waals surface area contributed by atoms with Crippen LogP contribution in [-0.4, -0.2) is 22.7 Å². The maximum Gasteiger partial charge on any atom is 0.274 e. The summed E-state index contributed by atoms with van der Waals surface area (Å²) in [5.74, 6) is -0.352. The van der Waals surface area contributed by atoms with Crippen LogP contribution in [0.15, 0.2) is 42.6 Å². The van der Waals surface area contributed by atoms with Crippen LogP contribution in [0.5, 0.6) is 0 Å². The Morgan fingerprint density at radius 1 is 1.09 bits per heavy atom. The molecule has 2 aromatic rings. The Morgan fingerprint density at radius 3 is 2.45 bits per heavy atom. The standard InChI is InChI=1S/C17H19N3O2/c1-11(2)19-15-7-8-16(18-10-15)17(22)20-14-6-4-5-13(9-14)12(3)21/h4-11,19H,1-3H3,(H,20,22). The van der Waals surface area contributed by atoms with Gasteiger partial charge in [0.15, 0.2) is 5.78 Å². The van der Waals surface area contributed by atoms with Crippen LogP contribution >= 0.6 is 0 Å². The first kappa shape index (κ1) is 15.7. The predicted molar refractivity (Wildman–Crippen MR) is 87.4 cm³/mol. The van der Waals surface area contributed by atoms with E-state index in [9.17, 15) is 9.59 Å². The average Bonchev–Trinajstić information content (AvgIpc) is 2.47. The van der Waals surface area contributed by atoms with Gasteiger partial charge in [0, 0.05) is 17.3 Å². The molecule has 0 atom stereocenters. The van der Waals surface area contributed by atoms with Crippen molar-refractivity contribution >= 4 is 23.1 Å². The molecule has 1 amide bonds. The molecule has 0 spiro atoms. The van der Waals surface area contributed by atoms with Gasteiger partial charge < -0.3 is 10.6 Å². The molecule has 5 heteroatoms. The van der Waals surface area contributed by atoms with E-state index in [4.69, 9.17) is 0 Å². The highest BCUT2D eigenvalue weighted by Gasteiger charge is 2.09. The molecule has 114 valence electrons. The number of benzene rings is 1. The number of Topliss-reactive ketones (excluding diaryl/α,β-unsaturated/α-hetero) is 1. The van der Waals surface area contributed by atoms with Crippen molar-refractivity contribution in [1.29, 1.82) is 0 Å². The van der Waals surface area contributed by atoms with Crippen molar-refractivity contribution in [2.75, 3.05) is 10.6 Å². The number of rotatable bonds is 5. The van der Waals surface area contributed by atoms with E-state index in [1.54, 1.807) is 36.5 Å². The van der Waals surface area contributed by atoms with Gasteiger partial charge in [-0.25, -0.2) is 4.98 Å². The van der Waals surface area contributed by atoms with E-state index in [0.717, 1.165) is 5.69 Å². The molecule has 1 aromatic carbocycles. The second kappa shape index (κ2) is 6.85. The van der Waals surface area contributed by atoms with Crippen LogP contribution in [0.1, 0.15) is 41.6 Å². The first-order valence-electron chi connectivity index (χ1n) is 7.10. The van der Waals surface area contributed by atoms with Crippen LogP contribution in [0.4, 0.5) is 11.4 Å². The summed E-state index contributed by atoms with van der Waals surface area (Å²) in [5.41, 5.74) is 2.32. The molecule has 0 bridgehead atoms. The predicted octanol–water partition coefficient (Wildman–Crippen LogP) is 3.36. The van der Waals surface area contributed by atoms with E-state index in [0.29, 0.717) is 23.0 Å². The van der Waals surface area contributed by atoms with Gasteiger partial charge in [0.05, 0.1) is 11.9 Å². The maximum atomic E-state index is 12.1. The summed E-state index contributed by atoms with van der Waals surface area (Å²) in [6.45, 7) is 5.55. The molecule has 0 radical (unpaired) electrons. The Hall–Kier alpha value is -2.69. The summed E-state index contributed by atoms with van der Waals surface area (Å²) in [4.78, 5) is 27.6. The lowest BCUT2D eigenvalue weighted by molar-refractivity contribution is 0.100. The smallest absolute Gasteiger partial charge is 0.274 e. The minimum absolute atomic E-state index is 0.0432. The third-order valence-electron chi connectivity index (χ3n) is 2.98. The summed E-state index contributed by atoms with van der Waals surface area (Å²) in [7, 11) is 0. The van der Waals surface area contributed by atoms with E-state index in [2.05, 4.69) is 15.6 Å². The molecule has 0 unspecified atom stereocenters. The molecule has 1 heterocycles. The van der Waals surface area contributed by atoms with Crippen LogP contribution < -0.4 is 10.6 Å². The zero-order valence-electron chi connectivity index (χ0n) is 12.9. The van der Waals surface area contributed by atoms with Crippen LogP contribution in [0.3, 0.4) is 0 Å². The molecule has 1 aromatic heterocycles. The maximum absolute atomic E-state index is 12.1. The zero-order valence-corrected chi connectivity index (χ0v) is 12.9. The number of hydrogen-bond donors (Lipinski definition) is 2. The van der Waals surface area contributed by atoms with E-state index in [1.165, 1.54) is 6.92 Å². The topological polar surface area (TPSA) is 71.1 Å². The van der Waals surface area contributed by atoms with Crippen LogP contribution in [0.25, 0.3) is 0 Å². The molecule has 0 aliphatic heterocycles. The van der Waals surface area contributed by atoms with E-state index in [-0.39, 0.29) is 11.7 Å². The Bertz CT molecular complexity index is 679. The van der Waals surface area contributed by atoms with Crippen LogP contribution in [0, 0.1) is 0 Å². The largest absolute Gasteiger partial charge is 0.382 e. The van der Waals surface area contributed by atoms with Crippen molar-refractivity contribution in [3.05, 3.63) is 53.9 Å². The number of carbonyl (C=O) groups excluding carboxylic acids is 2. The van der Waals surface area contributed by atoms with Gasteiger partial charge in [-0.2, -0.15) is 0 Å². The lowest BCUT2D eigenvalue weighted by Gasteiger charge is -2.10. The Morgan fingerprint density at radius 2 is 1.86 bits per heavy atom. The Kier molecular flexibility index (Phi) is 4.88. The normalized spacial score (nSPS) is 10.4. The fourth-order valence-electron chi connectivity index (χ4n) is 1.96. The third-order valence-corrected chi connectivity index (χ3v) is 2.98. The zero-order chi connectivity index (χ0) is 16.1. The molecular formula is C17H19N3O2. The second-order valence-corrected chi connectivity index (χ2v) is 5.32. The first-order valence-corrected chi connectivity index (χ1v) is 7.10. The summed E-state index contributed by atoms with van der Waals surface area (Å²) in [5, 5.41) is 5.95. The van der Waals surface area contributed by atoms with Gasteiger partial charge in [0.2, 0.25) is 0 Å². The number of nitrogens with zero attached hydrogens (tertiary/aromatic N) is 1. The number of aromatic nitrogens is 1. The average molecular weight is 297 g/mol. The van der Waals surface area contributed by atoms with Gasteiger partial charge in [-0.05, 0) is 45.0 Å². The summed E-state index contributed by atoms with van der Waals surface area (Å²) in [6, 6.07) is 10.6. The van der Waals surface area contributed by atoms with E-state index in [1.807, 2.05) is 19.9 Å². The highest BCUT2D eigenvalue weighted by Crippen LogP contribution is 2.13. The van der Waals surface area contributed by atoms with E-state index >= 15 is 0 Å². The van der Waals surface area contributed by atoms with Gasteiger partial charge >= 0.3 is 0 Å². The number of anilines is 2. The molecule has 2 N–H and O–H groups in total. The molecule has 22 heavy (non-hydrogen) atoms. The monoisotopic (exact) mass is 297 g/mol. The van der Waals surface area contributed by atoms with Gasteiger partial charge in [-0.3, -0.25) is 9.59 Å². The van der Waals surface area contributed by atoms with Crippen molar-refractivity contribution in [3.63, 3.8) is 0 Å². The molecule has 0 aliphatic rings. The fraction of sp³-hybridized carbons (Fsp3) is 0.235. The van der Waals surface area contributed by atoms with Crippen molar-refractivity contribution in [1.82, 2.24) is 4.98 Å². The van der Waals surface area contributed by atoms with Crippen molar-refractivity contribution in [2.24, 2.45) is 0 Å². The molecule has 0 fully saturated rings. The first-order chi connectivity index (χ1) is 10.5. The lowest BCUT2D eigenvalue weighted by atomic mass is 10.1. The van der Waals surface area contributed by atoms with Crippen molar-refractivity contribution in [2.45, 2.75) is 26.8 Å². The number of ketones is 1. The molecule has 5 nitrogen and oxygen atoms in total. The number of pyridine rings is 1. The van der Waals surface area contributed by atoms with Gasteiger partial charge in [-0.1, -0.05) is 12.1 Å². The number of carbonyl (C=O) groups is 2. The third kappa shape index (κ3) is 4.15. The SMILES string of the molecule is CC(=O)c1cccc(NC(=O)c2ccc(NC(C)C)cn2)c1. The number of hydrogen-bond acceptors (Lipinski definition) is 4. The molecular weight excluding hydrogens is 278 g/mol.